The number of Topliss-reactive ketones (excluding diaryl/α,β-unsaturated/α-hetero) is 2. The highest BCUT2D eigenvalue weighted by atomic mass is 35.5. The number of phenolic OH excluding ortho intramolecular Hbond substituents is 2. The summed E-state index contributed by atoms with van der Waals surface area (Å²) in [7, 11) is 0. The summed E-state index contributed by atoms with van der Waals surface area (Å²) in [5.74, 6) is -5.07. The molecule has 0 bridgehead atoms. The number of ketones is 2. The minimum Gasteiger partial charge on any atom is -0.508 e. The molecule has 5 rings (SSSR count). The molecule has 2 aliphatic rings. The van der Waals surface area contributed by atoms with Crippen molar-refractivity contribution < 1.29 is 34.4 Å². The van der Waals surface area contributed by atoms with E-state index in [-0.39, 0.29) is 46.9 Å². The molecule has 0 radical (unpaired) electrons. The van der Waals surface area contributed by atoms with Crippen molar-refractivity contribution in [2.24, 2.45) is 16.6 Å². The molecule has 0 amide bonds. The van der Waals surface area contributed by atoms with Crippen LogP contribution in [0.3, 0.4) is 0 Å². The minimum absolute atomic E-state index is 0. The predicted octanol–water partition coefficient (Wildman–Crippen LogP) is 4.03. The number of hydrogen-bond donors (Lipinski definition) is 5. The number of nitrogens with zero attached hydrogens (tertiary/aromatic N) is 1. The number of aliphatic imine (C=N–C) groups is 1. The number of carbonyl (C=O) groups excluding carboxylic acids is 2. The Labute approximate surface area is 223 Å². The third-order valence-corrected chi connectivity index (χ3v) is 7.61. The molecule has 3 aromatic carbocycles. The van der Waals surface area contributed by atoms with E-state index in [1.165, 1.54) is 31.2 Å². The van der Waals surface area contributed by atoms with Crippen molar-refractivity contribution in [2.45, 2.75) is 38.8 Å². The molecule has 0 saturated heterocycles. The van der Waals surface area contributed by atoms with Gasteiger partial charge in [-0.25, -0.2) is 4.39 Å². The first-order chi connectivity index (χ1) is 17.4. The molecule has 0 aromatic heterocycles. The third kappa shape index (κ3) is 3.61. The number of halogens is 2. The topological polar surface area (TPSA) is 153 Å². The van der Waals surface area contributed by atoms with Crippen molar-refractivity contribution in [1.82, 2.24) is 0 Å². The van der Waals surface area contributed by atoms with Gasteiger partial charge in [-0.15, -0.1) is 12.4 Å². The molecule has 0 unspecified atom stereocenters. The number of nitrogens with two attached hydrogens (primary N) is 1. The molecular weight excluding hydrogens is 515 g/mol. The predicted molar refractivity (Wildman–Crippen MR) is 142 cm³/mol. The summed E-state index contributed by atoms with van der Waals surface area (Å²) in [6.45, 7) is 4.76. The summed E-state index contributed by atoms with van der Waals surface area (Å²) >= 11 is 0. The standard InChI is InChI=1S/C28H25FN2O6.ClH/c1-11-4-9-16-12(2)17-10-18-22(30)25(34)19(13(3)31-15-7-5-14(29)6-8-15)26(35)28(18,37)27(36)21(17)24(33)20(16)23(11)32;/h4-9,18,22,32-33,35,37H,10,30H2,1-3H3;1H/t18-,22+,28+;/m0./s1. The molecule has 0 fully saturated rings. The van der Waals surface area contributed by atoms with Crippen molar-refractivity contribution in [3.05, 3.63) is 75.8 Å². The van der Waals surface area contributed by atoms with Gasteiger partial charge in [-0.2, -0.15) is 0 Å². The lowest BCUT2D eigenvalue weighted by atomic mass is 9.61. The Bertz CT molecular complexity index is 1600. The van der Waals surface area contributed by atoms with Crippen LogP contribution in [-0.4, -0.2) is 49.3 Å². The number of hydrogen-bond acceptors (Lipinski definition) is 8. The number of benzene rings is 3. The Morgan fingerprint density at radius 1 is 1.05 bits per heavy atom. The van der Waals surface area contributed by atoms with Gasteiger partial charge in [0.2, 0.25) is 5.78 Å². The molecule has 38 heavy (non-hydrogen) atoms. The van der Waals surface area contributed by atoms with Crippen molar-refractivity contribution in [3.8, 4) is 11.5 Å². The van der Waals surface area contributed by atoms with E-state index in [0.29, 0.717) is 22.1 Å². The Hall–Kier alpha value is -3.79. The van der Waals surface area contributed by atoms with Gasteiger partial charge in [0, 0.05) is 5.92 Å². The fraction of sp³-hybridized carbons (Fsp3) is 0.250. The molecule has 0 aliphatic heterocycles. The molecule has 2 aliphatic carbocycles. The number of rotatable bonds is 2. The van der Waals surface area contributed by atoms with E-state index >= 15 is 0 Å². The van der Waals surface area contributed by atoms with E-state index in [4.69, 9.17) is 5.73 Å². The molecule has 6 N–H and O–H groups in total. The molecule has 0 heterocycles. The lowest BCUT2D eigenvalue weighted by Gasteiger charge is -2.45. The summed E-state index contributed by atoms with van der Waals surface area (Å²) in [4.78, 5) is 31.4. The number of carbonyl (C=O) groups is 2. The number of aromatic hydroxyl groups is 2. The first kappa shape index (κ1) is 27.3. The van der Waals surface area contributed by atoms with Gasteiger partial charge in [-0.05, 0) is 73.5 Å². The van der Waals surface area contributed by atoms with Crippen LogP contribution in [0.4, 0.5) is 10.1 Å². The van der Waals surface area contributed by atoms with Gasteiger partial charge in [-0.3, -0.25) is 14.6 Å². The highest BCUT2D eigenvalue weighted by Crippen LogP contribution is 2.50. The quantitative estimate of drug-likeness (QED) is 0.307. The van der Waals surface area contributed by atoms with Gasteiger partial charge in [0.05, 0.1) is 34.0 Å². The van der Waals surface area contributed by atoms with Crippen molar-refractivity contribution in [3.63, 3.8) is 0 Å². The third-order valence-electron chi connectivity index (χ3n) is 7.61. The Morgan fingerprint density at radius 3 is 2.32 bits per heavy atom. The minimum atomic E-state index is -2.62. The van der Waals surface area contributed by atoms with Crippen LogP contribution in [0.25, 0.3) is 10.8 Å². The fourth-order valence-corrected chi connectivity index (χ4v) is 5.53. The number of aliphatic hydroxyl groups is 2. The molecule has 198 valence electrons. The van der Waals surface area contributed by atoms with E-state index in [9.17, 15) is 34.4 Å². The van der Waals surface area contributed by atoms with Crippen molar-refractivity contribution in [1.29, 1.82) is 0 Å². The molecule has 0 saturated carbocycles. The van der Waals surface area contributed by atoms with E-state index in [1.807, 2.05) is 0 Å². The second-order valence-electron chi connectivity index (χ2n) is 9.67. The van der Waals surface area contributed by atoms with Crippen LogP contribution >= 0.6 is 12.4 Å². The maximum Gasteiger partial charge on any atom is 0.206 e. The van der Waals surface area contributed by atoms with Crippen LogP contribution in [-0.2, 0) is 11.2 Å². The van der Waals surface area contributed by atoms with Crippen LogP contribution in [0.5, 0.6) is 11.5 Å². The van der Waals surface area contributed by atoms with Crippen LogP contribution < -0.4 is 5.73 Å². The van der Waals surface area contributed by atoms with Gasteiger partial charge in [-0.1, -0.05) is 12.1 Å². The number of fused-ring (bicyclic) bond motifs is 3. The van der Waals surface area contributed by atoms with Gasteiger partial charge in [0.25, 0.3) is 0 Å². The number of phenols is 2. The zero-order valence-corrected chi connectivity index (χ0v) is 21.6. The summed E-state index contributed by atoms with van der Waals surface area (Å²) < 4.78 is 13.3. The fourth-order valence-electron chi connectivity index (χ4n) is 5.53. The zero-order valence-electron chi connectivity index (χ0n) is 20.7. The van der Waals surface area contributed by atoms with Crippen molar-refractivity contribution >= 4 is 46.1 Å². The van der Waals surface area contributed by atoms with E-state index in [0.717, 1.165) is 0 Å². The van der Waals surface area contributed by atoms with Gasteiger partial charge in [0.1, 0.15) is 23.1 Å². The summed E-state index contributed by atoms with van der Waals surface area (Å²) in [5.41, 5.74) is 4.68. The number of aliphatic hydroxyl groups excluding tert-OH is 1. The Balaban J connectivity index is 0.00000336. The highest BCUT2D eigenvalue weighted by molar-refractivity contribution is 6.27. The second-order valence-corrected chi connectivity index (χ2v) is 9.67. The average Bonchev–Trinajstić information content (AvgIpc) is 2.85. The van der Waals surface area contributed by atoms with Crippen LogP contribution in [0.15, 0.2) is 52.7 Å². The first-order valence-electron chi connectivity index (χ1n) is 11.7. The Morgan fingerprint density at radius 2 is 1.68 bits per heavy atom. The molecule has 3 aromatic rings. The van der Waals surface area contributed by atoms with E-state index in [1.54, 1.807) is 26.0 Å². The monoisotopic (exact) mass is 540 g/mol. The van der Waals surface area contributed by atoms with Crippen molar-refractivity contribution in [2.75, 3.05) is 0 Å². The molecule has 8 nitrogen and oxygen atoms in total. The van der Waals surface area contributed by atoms with Crippen LogP contribution in [0.1, 0.15) is 34.0 Å². The SMILES string of the molecule is CC(=Nc1ccc(F)cc1)C1=C(O)[C@@]2(O)C(=O)c3c(c(C)c4ccc(C)c(O)c4c3O)C[C@H]2[C@@H](N)C1=O.Cl. The highest BCUT2D eigenvalue weighted by Gasteiger charge is 2.60. The number of aryl methyl sites for hydroxylation is 2. The first-order valence-corrected chi connectivity index (χ1v) is 11.7. The normalized spacial score (nSPS) is 23.3. The second kappa shape index (κ2) is 9.20. The molecular formula is C28H26ClFN2O6. The Kier molecular flexibility index (Phi) is 6.59. The average molecular weight is 541 g/mol. The molecule has 0 spiro atoms. The summed E-state index contributed by atoms with van der Waals surface area (Å²) in [6.07, 6.45) is -0.0834. The van der Waals surface area contributed by atoms with Crippen LogP contribution in [0, 0.1) is 25.6 Å². The van der Waals surface area contributed by atoms with E-state index in [2.05, 4.69) is 4.99 Å². The zero-order chi connectivity index (χ0) is 27.0. The molecule has 10 heteroatoms. The van der Waals surface area contributed by atoms with Crippen LogP contribution in [0.2, 0.25) is 0 Å². The molecule has 3 atom stereocenters. The summed E-state index contributed by atoms with van der Waals surface area (Å²) in [5, 5.41) is 45.3. The van der Waals surface area contributed by atoms with Gasteiger partial charge < -0.3 is 26.2 Å². The lowest BCUT2D eigenvalue weighted by molar-refractivity contribution is -0.122. The van der Waals surface area contributed by atoms with Gasteiger partial charge in [0.15, 0.2) is 11.4 Å². The van der Waals surface area contributed by atoms with Gasteiger partial charge >= 0.3 is 0 Å². The maximum absolute atomic E-state index is 13.9. The maximum atomic E-state index is 13.9. The lowest BCUT2D eigenvalue weighted by Crippen LogP contribution is -2.63. The smallest absolute Gasteiger partial charge is 0.206 e. The largest absolute Gasteiger partial charge is 0.508 e. The summed E-state index contributed by atoms with van der Waals surface area (Å²) in [6, 6.07) is 7.10. The van der Waals surface area contributed by atoms with E-state index < -0.39 is 52.0 Å².